The average Bonchev–Trinajstić information content (AvgIpc) is 3.15. The highest BCUT2D eigenvalue weighted by molar-refractivity contribution is 5.90. The van der Waals surface area contributed by atoms with Gasteiger partial charge in [0.25, 0.3) is 0 Å². The van der Waals surface area contributed by atoms with Gasteiger partial charge in [-0.3, -0.25) is 4.99 Å². The Morgan fingerprint density at radius 1 is 1.04 bits per heavy atom. The van der Waals surface area contributed by atoms with Crippen LogP contribution in [0.15, 0.2) is 71.9 Å². The SMILES string of the molecule is COC(=O)c1ccc(N=Cc2cccn2-c2cccc(C(=O)O)c2)cc1. The van der Waals surface area contributed by atoms with Gasteiger partial charge in [0.15, 0.2) is 0 Å². The number of carboxylic acids is 1. The van der Waals surface area contributed by atoms with Crippen LogP contribution in [0.25, 0.3) is 5.69 Å². The van der Waals surface area contributed by atoms with Crippen molar-refractivity contribution in [1.82, 2.24) is 4.57 Å². The number of hydrogen-bond acceptors (Lipinski definition) is 4. The van der Waals surface area contributed by atoms with E-state index in [1.165, 1.54) is 7.11 Å². The molecule has 6 nitrogen and oxygen atoms in total. The monoisotopic (exact) mass is 348 g/mol. The van der Waals surface area contributed by atoms with Gasteiger partial charge in [-0.25, -0.2) is 9.59 Å². The summed E-state index contributed by atoms with van der Waals surface area (Å²) in [5, 5.41) is 9.14. The van der Waals surface area contributed by atoms with Crippen molar-refractivity contribution in [2.75, 3.05) is 7.11 Å². The Morgan fingerprint density at radius 2 is 1.81 bits per heavy atom. The van der Waals surface area contributed by atoms with Crippen LogP contribution in [0.1, 0.15) is 26.4 Å². The summed E-state index contributed by atoms with van der Waals surface area (Å²) in [5.74, 6) is -1.37. The van der Waals surface area contributed by atoms with Gasteiger partial charge in [-0.15, -0.1) is 0 Å². The van der Waals surface area contributed by atoms with Gasteiger partial charge < -0.3 is 14.4 Å². The molecule has 0 aliphatic heterocycles. The summed E-state index contributed by atoms with van der Waals surface area (Å²) in [7, 11) is 1.34. The lowest BCUT2D eigenvalue weighted by molar-refractivity contribution is 0.0600. The van der Waals surface area contributed by atoms with Crippen molar-refractivity contribution in [1.29, 1.82) is 0 Å². The van der Waals surface area contributed by atoms with Crippen molar-refractivity contribution in [3.8, 4) is 5.69 Å². The highest BCUT2D eigenvalue weighted by Crippen LogP contribution is 2.17. The minimum atomic E-state index is -0.972. The van der Waals surface area contributed by atoms with Gasteiger partial charge >= 0.3 is 11.9 Å². The maximum atomic E-state index is 11.4. The Kier molecular flexibility index (Phi) is 4.94. The van der Waals surface area contributed by atoms with Crippen molar-refractivity contribution in [2.24, 2.45) is 4.99 Å². The number of benzene rings is 2. The van der Waals surface area contributed by atoms with Crippen molar-refractivity contribution in [2.45, 2.75) is 0 Å². The quantitative estimate of drug-likeness (QED) is 0.563. The standard InChI is InChI=1S/C20H16N2O4/c1-26-20(25)14-7-9-16(10-8-14)21-13-18-6-3-11-22(18)17-5-2-4-15(12-17)19(23)24/h2-13H,1H3,(H,23,24). The van der Waals surface area contributed by atoms with Crippen LogP contribution in [0.4, 0.5) is 5.69 Å². The highest BCUT2D eigenvalue weighted by Gasteiger charge is 2.07. The third-order valence-electron chi connectivity index (χ3n) is 3.79. The molecular formula is C20H16N2O4. The van der Waals surface area contributed by atoms with E-state index in [2.05, 4.69) is 9.73 Å². The molecule has 3 aromatic rings. The summed E-state index contributed by atoms with van der Waals surface area (Å²) in [6.45, 7) is 0. The summed E-state index contributed by atoms with van der Waals surface area (Å²) >= 11 is 0. The molecule has 0 aliphatic carbocycles. The topological polar surface area (TPSA) is 80.9 Å². The number of nitrogens with zero attached hydrogens (tertiary/aromatic N) is 2. The van der Waals surface area contributed by atoms with E-state index in [0.29, 0.717) is 11.3 Å². The Hall–Kier alpha value is -3.67. The molecule has 1 heterocycles. The second kappa shape index (κ2) is 7.48. The summed E-state index contributed by atoms with van der Waals surface area (Å²) in [5.41, 5.74) is 2.89. The lowest BCUT2D eigenvalue weighted by Crippen LogP contribution is -2.01. The molecule has 26 heavy (non-hydrogen) atoms. The molecule has 2 aromatic carbocycles. The average molecular weight is 348 g/mol. The molecule has 0 amide bonds. The van der Waals surface area contributed by atoms with E-state index in [1.807, 2.05) is 29.0 Å². The molecule has 0 aliphatic rings. The molecule has 0 unspecified atom stereocenters. The van der Waals surface area contributed by atoms with Crippen LogP contribution in [0.2, 0.25) is 0 Å². The normalized spacial score (nSPS) is 10.8. The first-order valence-corrected chi connectivity index (χ1v) is 7.82. The van der Waals surface area contributed by atoms with Crippen molar-refractivity contribution >= 4 is 23.8 Å². The van der Waals surface area contributed by atoms with Crippen LogP contribution < -0.4 is 0 Å². The molecule has 6 heteroatoms. The number of carboxylic acid groups (broad SMARTS) is 1. The van der Waals surface area contributed by atoms with E-state index >= 15 is 0 Å². The van der Waals surface area contributed by atoms with Gasteiger partial charge in [0.2, 0.25) is 0 Å². The number of esters is 1. The van der Waals surface area contributed by atoms with E-state index in [1.54, 1.807) is 48.7 Å². The lowest BCUT2D eigenvalue weighted by Gasteiger charge is -2.07. The van der Waals surface area contributed by atoms with Gasteiger partial charge in [-0.2, -0.15) is 0 Å². The first-order valence-electron chi connectivity index (χ1n) is 7.82. The zero-order chi connectivity index (χ0) is 18.5. The molecule has 0 bridgehead atoms. The van der Waals surface area contributed by atoms with Gasteiger partial charge in [0.05, 0.1) is 35.8 Å². The molecule has 1 aromatic heterocycles. The largest absolute Gasteiger partial charge is 0.478 e. The molecule has 0 fully saturated rings. The lowest BCUT2D eigenvalue weighted by atomic mass is 10.2. The second-order valence-electron chi connectivity index (χ2n) is 5.46. The number of hydrogen-bond donors (Lipinski definition) is 1. The summed E-state index contributed by atoms with van der Waals surface area (Å²) in [6, 6.07) is 17.1. The van der Waals surface area contributed by atoms with Crippen molar-refractivity contribution in [3.05, 3.63) is 83.7 Å². The van der Waals surface area contributed by atoms with E-state index in [0.717, 1.165) is 11.4 Å². The number of carbonyl (C=O) groups excluding carboxylic acids is 1. The Labute approximate surface area is 150 Å². The molecule has 3 rings (SSSR count). The Morgan fingerprint density at radius 3 is 2.50 bits per heavy atom. The Bertz CT molecular complexity index is 971. The number of methoxy groups -OCH3 is 1. The van der Waals surface area contributed by atoms with Crippen LogP contribution in [0.5, 0.6) is 0 Å². The molecule has 1 N–H and O–H groups in total. The fourth-order valence-electron chi connectivity index (χ4n) is 2.47. The summed E-state index contributed by atoms with van der Waals surface area (Å²) < 4.78 is 6.51. The van der Waals surface area contributed by atoms with E-state index < -0.39 is 11.9 Å². The van der Waals surface area contributed by atoms with Crippen LogP contribution in [0, 0.1) is 0 Å². The zero-order valence-corrected chi connectivity index (χ0v) is 14.0. The fraction of sp³-hybridized carbons (Fsp3) is 0.0500. The second-order valence-corrected chi connectivity index (χ2v) is 5.46. The molecular weight excluding hydrogens is 332 g/mol. The molecule has 0 saturated carbocycles. The predicted molar refractivity (Wildman–Crippen MR) is 97.8 cm³/mol. The van der Waals surface area contributed by atoms with Crippen molar-refractivity contribution < 1.29 is 19.4 Å². The minimum absolute atomic E-state index is 0.220. The van der Waals surface area contributed by atoms with Crippen LogP contribution in [-0.2, 0) is 4.74 Å². The van der Waals surface area contributed by atoms with Gasteiger partial charge in [-0.05, 0) is 54.6 Å². The molecule has 0 spiro atoms. The molecule has 130 valence electrons. The third-order valence-corrected chi connectivity index (χ3v) is 3.79. The number of carbonyl (C=O) groups is 2. The predicted octanol–water partition coefficient (Wildman–Crippen LogP) is 3.71. The van der Waals surface area contributed by atoms with Gasteiger partial charge in [0.1, 0.15) is 0 Å². The number of ether oxygens (including phenoxy) is 1. The summed E-state index contributed by atoms with van der Waals surface area (Å²) in [6.07, 6.45) is 3.52. The first kappa shape index (κ1) is 17.2. The number of aliphatic imine (C=N–C) groups is 1. The number of aromatic nitrogens is 1. The minimum Gasteiger partial charge on any atom is -0.478 e. The van der Waals surface area contributed by atoms with E-state index in [9.17, 15) is 9.59 Å². The summed E-state index contributed by atoms with van der Waals surface area (Å²) in [4.78, 5) is 27.0. The van der Waals surface area contributed by atoms with Crippen LogP contribution in [0.3, 0.4) is 0 Å². The molecule has 0 saturated heterocycles. The molecule has 0 radical (unpaired) electrons. The number of aromatic carboxylic acids is 1. The Balaban J connectivity index is 1.85. The van der Waals surface area contributed by atoms with Crippen LogP contribution in [-0.4, -0.2) is 34.9 Å². The first-order chi connectivity index (χ1) is 12.6. The van der Waals surface area contributed by atoms with Crippen molar-refractivity contribution in [3.63, 3.8) is 0 Å². The maximum Gasteiger partial charge on any atom is 0.337 e. The highest BCUT2D eigenvalue weighted by atomic mass is 16.5. The van der Waals surface area contributed by atoms with Gasteiger partial charge in [-0.1, -0.05) is 6.07 Å². The smallest absolute Gasteiger partial charge is 0.337 e. The van der Waals surface area contributed by atoms with Gasteiger partial charge in [0, 0.05) is 11.9 Å². The third kappa shape index (κ3) is 3.70. The zero-order valence-electron chi connectivity index (χ0n) is 14.0. The van der Waals surface area contributed by atoms with E-state index in [-0.39, 0.29) is 5.56 Å². The van der Waals surface area contributed by atoms with Crippen LogP contribution >= 0.6 is 0 Å². The fourth-order valence-corrected chi connectivity index (χ4v) is 2.47. The van der Waals surface area contributed by atoms with E-state index in [4.69, 9.17) is 5.11 Å². The number of rotatable bonds is 5. The molecule has 0 atom stereocenters. The maximum absolute atomic E-state index is 11.4.